The van der Waals surface area contributed by atoms with Gasteiger partial charge in [0.25, 0.3) is 0 Å². The van der Waals surface area contributed by atoms with E-state index in [9.17, 15) is 23.1 Å². The van der Waals surface area contributed by atoms with Gasteiger partial charge >= 0.3 is 12.1 Å². The molecule has 0 aromatic heterocycles. The van der Waals surface area contributed by atoms with Crippen LogP contribution in [0.3, 0.4) is 0 Å². The van der Waals surface area contributed by atoms with Crippen LogP contribution in [0.15, 0.2) is 48.0 Å². The monoisotopic (exact) mass is 364 g/mol. The highest BCUT2D eigenvalue weighted by atomic mass is 19.4. The van der Waals surface area contributed by atoms with E-state index >= 15 is 0 Å². The number of ether oxygens (including phenoxy) is 2. The van der Waals surface area contributed by atoms with Crippen LogP contribution in [0.1, 0.15) is 16.7 Å². The normalized spacial score (nSPS) is 16.3. The van der Waals surface area contributed by atoms with Crippen molar-refractivity contribution in [2.75, 3.05) is 7.11 Å². The summed E-state index contributed by atoms with van der Waals surface area (Å²) in [4.78, 5) is 11.7. The summed E-state index contributed by atoms with van der Waals surface area (Å²) < 4.78 is 49.3. The smallest absolute Gasteiger partial charge is 0.430 e. The van der Waals surface area contributed by atoms with Crippen LogP contribution in [0.25, 0.3) is 6.08 Å². The van der Waals surface area contributed by atoms with Crippen molar-refractivity contribution < 1.29 is 32.5 Å². The SMILES string of the molecule is COC(=O)C1=Cc2cc(O)c(Cc3ccccc3)cc2OC1C(F)(F)F. The summed E-state index contributed by atoms with van der Waals surface area (Å²) >= 11 is 0. The van der Waals surface area contributed by atoms with Gasteiger partial charge in [-0.3, -0.25) is 0 Å². The molecule has 7 heteroatoms. The summed E-state index contributed by atoms with van der Waals surface area (Å²) in [5, 5.41) is 10.2. The van der Waals surface area contributed by atoms with Crippen LogP contribution >= 0.6 is 0 Å². The highest BCUT2D eigenvalue weighted by Crippen LogP contribution is 2.40. The molecule has 1 aliphatic rings. The van der Waals surface area contributed by atoms with Gasteiger partial charge in [-0.1, -0.05) is 30.3 Å². The Bertz CT molecular complexity index is 857. The molecule has 0 saturated carbocycles. The number of phenols is 1. The minimum absolute atomic E-state index is 0.0521. The third-order valence-electron chi connectivity index (χ3n) is 4.01. The van der Waals surface area contributed by atoms with Crippen molar-refractivity contribution in [1.82, 2.24) is 0 Å². The number of esters is 1. The summed E-state index contributed by atoms with van der Waals surface area (Å²) in [6.07, 6.45) is -5.84. The highest BCUT2D eigenvalue weighted by Gasteiger charge is 2.48. The molecule has 1 heterocycles. The van der Waals surface area contributed by atoms with Crippen LogP contribution in [0, 0.1) is 0 Å². The molecule has 2 aromatic rings. The van der Waals surface area contributed by atoms with Crippen molar-refractivity contribution in [3.8, 4) is 11.5 Å². The zero-order chi connectivity index (χ0) is 18.9. The molecule has 1 unspecified atom stereocenters. The molecule has 1 aliphatic heterocycles. The van der Waals surface area contributed by atoms with Gasteiger partial charge in [0.05, 0.1) is 12.7 Å². The van der Waals surface area contributed by atoms with Crippen molar-refractivity contribution in [2.45, 2.75) is 18.7 Å². The summed E-state index contributed by atoms with van der Waals surface area (Å²) in [7, 11) is 0.993. The molecule has 1 N–H and O–H groups in total. The molecule has 0 amide bonds. The van der Waals surface area contributed by atoms with Gasteiger partial charge in [0.2, 0.25) is 6.10 Å². The summed E-state index contributed by atoms with van der Waals surface area (Å²) in [6, 6.07) is 11.8. The van der Waals surface area contributed by atoms with Crippen LogP contribution in [-0.2, 0) is 16.0 Å². The van der Waals surface area contributed by atoms with Gasteiger partial charge in [0, 0.05) is 17.5 Å². The van der Waals surface area contributed by atoms with E-state index in [1.54, 1.807) is 0 Å². The van der Waals surface area contributed by atoms with Crippen LogP contribution < -0.4 is 4.74 Å². The van der Waals surface area contributed by atoms with Gasteiger partial charge < -0.3 is 14.6 Å². The Labute approximate surface area is 147 Å². The van der Waals surface area contributed by atoms with E-state index in [1.807, 2.05) is 30.3 Å². The van der Waals surface area contributed by atoms with E-state index in [-0.39, 0.29) is 17.1 Å². The molecule has 0 radical (unpaired) electrons. The maximum Gasteiger partial charge on any atom is 0.430 e. The minimum Gasteiger partial charge on any atom is -0.508 e. The first-order valence-corrected chi connectivity index (χ1v) is 7.72. The largest absolute Gasteiger partial charge is 0.508 e. The lowest BCUT2D eigenvalue weighted by atomic mass is 9.97. The molecule has 2 aromatic carbocycles. The lowest BCUT2D eigenvalue weighted by Gasteiger charge is -2.28. The molecule has 0 spiro atoms. The standard InChI is InChI=1S/C19H15F3O4/c1-25-18(24)14-8-13-9-15(23)12(7-11-5-3-2-4-6-11)10-16(13)26-17(14)19(20,21)22/h2-6,8-10,17,23H,7H2,1H3. The Morgan fingerprint density at radius 3 is 2.54 bits per heavy atom. The number of rotatable bonds is 3. The van der Waals surface area contributed by atoms with Crippen LogP contribution in [0.2, 0.25) is 0 Å². The second kappa shape index (κ2) is 6.74. The third-order valence-corrected chi connectivity index (χ3v) is 4.01. The fourth-order valence-corrected chi connectivity index (χ4v) is 2.76. The molecule has 0 bridgehead atoms. The Morgan fingerprint density at radius 1 is 1.23 bits per heavy atom. The van der Waals surface area contributed by atoms with Gasteiger partial charge in [0.15, 0.2) is 0 Å². The second-order valence-electron chi connectivity index (χ2n) is 5.81. The van der Waals surface area contributed by atoms with Crippen molar-refractivity contribution >= 4 is 12.0 Å². The van der Waals surface area contributed by atoms with Crippen molar-refractivity contribution in [1.29, 1.82) is 0 Å². The number of carbonyl (C=O) groups is 1. The zero-order valence-electron chi connectivity index (χ0n) is 13.7. The number of hydrogen-bond donors (Lipinski definition) is 1. The third kappa shape index (κ3) is 3.51. The first-order chi connectivity index (χ1) is 12.3. The van der Waals surface area contributed by atoms with Crippen molar-refractivity contribution in [3.63, 3.8) is 0 Å². The molecule has 0 fully saturated rings. The number of aromatic hydroxyl groups is 1. The van der Waals surface area contributed by atoms with Crippen molar-refractivity contribution in [3.05, 3.63) is 64.7 Å². The Hall–Kier alpha value is -2.96. The number of carbonyl (C=O) groups excluding carboxylic acids is 1. The average Bonchev–Trinajstić information content (AvgIpc) is 2.61. The van der Waals surface area contributed by atoms with Crippen LogP contribution in [0.4, 0.5) is 13.2 Å². The number of benzene rings is 2. The molecule has 3 rings (SSSR count). The Morgan fingerprint density at radius 2 is 1.92 bits per heavy atom. The van der Waals surface area contributed by atoms with E-state index in [1.165, 1.54) is 12.1 Å². The number of hydrogen-bond acceptors (Lipinski definition) is 4. The highest BCUT2D eigenvalue weighted by molar-refractivity contribution is 5.96. The van der Waals surface area contributed by atoms with Gasteiger partial charge in [0.1, 0.15) is 11.5 Å². The molecular formula is C19H15F3O4. The Balaban J connectivity index is 2.02. The number of halogens is 3. The fraction of sp³-hybridized carbons (Fsp3) is 0.211. The van der Waals surface area contributed by atoms with E-state index in [2.05, 4.69) is 4.74 Å². The number of phenolic OH excluding ortho intramolecular Hbond substituents is 1. The number of methoxy groups -OCH3 is 1. The molecular weight excluding hydrogens is 349 g/mol. The van der Waals surface area contributed by atoms with E-state index in [0.717, 1.165) is 18.7 Å². The van der Waals surface area contributed by atoms with Gasteiger partial charge in [-0.15, -0.1) is 0 Å². The van der Waals surface area contributed by atoms with Gasteiger partial charge in [-0.2, -0.15) is 13.2 Å². The van der Waals surface area contributed by atoms with E-state index < -0.39 is 23.8 Å². The lowest BCUT2D eigenvalue weighted by molar-refractivity contribution is -0.187. The minimum atomic E-state index is -4.78. The summed E-state index contributed by atoms with van der Waals surface area (Å²) in [5.41, 5.74) is 0.824. The summed E-state index contributed by atoms with van der Waals surface area (Å²) in [5.74, 6) is -1.28. The summed E-state index contributed by atoms with van der Waals surface area (Å²) in [6.45, 7) is 0. The molecule has 4 nitrogen and oxygen atoms in total. The maximum absolute atomic E-state index is 13.3. The molecule has 1 atom stereocenters. The topological polar surface area (TPSA) is 55.8 Å². The maximum atomic E-state index is 13.3. The lowest BCUT2D eigenvalue weighted by Crippen LogP contribution is -2.40. The Kier molecular flexibility index (Phi) is 4.63. The molecule has 26 heavy (non-hydrogen) atoms. The number of fused-ring (bicyclic) bond motifs is 1. The quantitative estimate of drug-likeness (QED) is 0.841. The van der Waals surface area contributed by atoms with Crippen molar-refractivity contribution in [2.24, 2.45) is 0 Å². The first-order valence-electron chi connectivity index (χ1n) is 7.72. The van der Waals surface area contributed by atoms with E-state index in [4.69, 9.17) is 4.74 Å². The average molecular weight is 364 g/mol. The van der Waals surface area contributed by atoms with Gasteiger partial charge in [-0.05, 0) is 23.8 Å². The molecule has 0 saturated heterocycles. The van der Waals surface area contributed by atoms with Crippen LogP contribution in [-0.4, -0.2) is 30.5 Å². The number of alkyl halides is 3. The predicted octanol–water partition coefficient (Wildman–Crippen LogP) is 3.86. The van der Waals surface area contributed by atoms with Crippen LogP contribution in [0.5, 0.6) is 11.5 Å². The molecule has 136 valence electrons. The first kappa shape index (κ1) is 17.8. The van der Waals surface area contributed by atoms with Gasteiger partial charge in [-0.25, -0.2) is 4.79 Å². The second-order valence-corrected chi connectivity index (χ2v) is 5.81. The molecule has 0 aliphatic carbocycles. The zero-order valence-corrected chi connectivity index (χ0v) is 13.7. The van der Waals surface area contributed by atoms with E-state index in [0.29, 0.717) is 12.0 Å². The predicted molar refractivity (Wildman–Crippen MR) is 87.8 cm³/mol. The fourth-order valence-electron chi connectivity index (χ4n) is 2.76.